The summed E-state index contributed by atoms with van der Waals surface area (Å²) in [5.41, 5.74) is 1.28. The monoisotopic (exact) mass is 302 g/mol. The third-order valence-corrected chi connectivity index (χ3v) is 4.42. The molecule has 6 heteroatoms. The van der Waals surface area contributed by atoms with E-state index in [0.717, 1.165) is 5.69 Å². The number of aryl methyl sites for hydroxylation is 1. The Morgan fingerprint density at radius 1 is 1.09 bits per heavy atom. The van der Waals surface area contributed by atoms with Crippen LogP contribution < -0.4 is 5.46 Å². The average Bonchev–Trinajstić information content (AvgIpc) is 2.91. The summed E-state index contributed by atoms with van der Waals surface area (Å²) >= 11 is 0. The van der Waals surface area contributed by atoms with Crippen molar-refractivity contribution in [1.82, 2.24) is 9.78 Å². The predicted molar refractivity (Wildman–Crippen MR) is 84.0 cm³/mol. The molecule has 2 heterocycles. The highest BCUT2D eigenvalue weighted by Gasteiger charge is 2.51. The quantitative estimate of drug-likeness (QED) is 0.800. The maximum atomic E-state index is 14.0. The molecule has 1 aliphatic heterocycles. The van der Waals surface area contributed by atoms with Crippen molar-refractivity contribution >= 4 is 12.6 Å². The van der Waals surface area contributed by atoms with Gasteiger partial charge < -0.3 is 9.31 Å². The van der Waals surface area contributed by atoms with E-state index in [1.165, 1.54) is 12.1 Å². The number of benzene rings is 1. The van der Waals surface area contributed by atoms with E-state index >= 15 is 0 Å². The largest absolute Gasteiger partial charge is 0.495 e. The Kier molecular flexibility index (Phi) is 3.42. The van der Waals surface area contributed by atoms with Crippen LogP contribution in [0.4, 0.5) is 4.39 Å². The van der Waals surface area contributed by atoms with Crippen molar-refractivity contribution in [2.24, 2.45) is 0 Å². The Bertz CT molecular complexity index is 696. The van der Waals surface area contributed by atoms with Crippen molar-refractivity contribution in [2.45, 2.75) is 45.8 Å². The fourth-order valence-corrected chi connectivity index (χ4v) is 2.40. The Balaban J connectivity index is 1.98. The zero-order valence-corrected chi connectivity index (χ0v) is 13.6. The van der Waals surface area contributed by atoms with E-state index in [4.69, 9.17) is 9.31 Å². The van der Waals surface area contributed by atoms with Crippen molar-refractivity contribution in [3.8, 4) is 5.69 Å². The van der Waals surface area contributed by atoms with Crippen LogP contribution in [0.15, 0.2) is 30.5 Å². The molecule has 2 aromatic rings. The number of hydrogen-bond donors (Lipinski definition) is 0. The number of hydrogen-bond acceptors (Lipinski definition) is 3. The van der Waals surface area contributed by atoms with Crippen LogP contribution in [0.3, 0.4) is 0 Å². The minimum Gasteiger partial charge on any atom is -0.399 e. The molecule has 1 aromatic carbocycles. The van der Waals surface area contributed by atoms with E-state index in [1.807, 2.05) is 46.8 Å². The first-order chi connectivity index (χ1) is 10.2. The second-order valence-corrected chi connectivity index (χ2v) is 6.73. The van der Waals surface area contributed by atoms with Gasteiger partial charge in [-0.05, 0) is 64.3 Å². The first kappa shape index (κ1) is 15.2. The number of rotatable bonds is 2. The topological polar surface area (TPSA) is 36.3 Å². The molecule has 0 spiro atoms. The van der Waals surface area contributed by atoms with Crippen molar-refractivity contribution in [1.29, 1.82) is 0 Å². The fraction of sp³-hybridized carbons (Fsp3) is 0.438. The maximum absolute atomic E-state index is 14.0. The van der Waals surface area contributed by atoms with Gasteiger partial charge in [0.25, 0.3) is 0 Å². The van der Waals surface area contributed by atoms with Crippen molar-refractivity contribution in [3.05, 3.63) is 42.0 Å². The summed E-state index contributed by atoms with van der Waals surface area (Å²) in [6.07, 6.45) is 1.80. The van der Waals surface area contributed by atoms with Crippen LogP contribution in [-0.2, 0) is 9.31 Å². The van der Waals surface area contributed by atoms with Gasteiger partial charge in [-0.25, -0.2) is 9.07 Å². The highest BCUT2D eigenvalue weighted by atomic mass is 19.1. The summed E-state index contributed by atoms with van der Waals surface area (Å²) in [5, 5.41) is 4.32. The van der Waals surface area contributed by atoms with Crippen LogP contribution in [0, 0.1) is 12.7 Å². The third-order valence-electron chi connectivity index (χ3n) is 4.42. The molecule has 1 aromatic heterocycles. The van der Waals surface area contributed by atoms with Crippen LogP contribution in [0.25, 0.3) is 5.69 Å². The first-order valence-corrected chi connectivity index (χ1v) is 7.37. The smallest absolute Gasteiger partial charge is 0.399 e. The predicted octanol–water partition coefficient (Wildman–Crippen LogP) is 2.62. The molecule has 0 amide bonds. The zero-order valence-electron chi connectivity index (χ0n) is 13.6. The van der Waals surface area contributed by atoms with E-state index in [0.29, 0.717) is 11.2 Å². The molecule has 116 valence electrons. The molecule has 1 saturated heterocycles. The second-order valence-electron chi connectivity index (χ2n) is 6.73. The lowest BCUT2D eigenvalue weighted by Gasteiger charge is -2.32. The standard InChI is InChI=1S/C16H20BFN2O2/c1-11-6-7-20(19-11)14-9-12(8-13(18)10-14)17-21-15(2,3)16(4,5)22-17/h6-10H,1-5H3. The number of nitrogens with zero attached hydrogens (tertiary/aromatic N) is 2. The van der Waals surface area contributed by atoms with Crippen LogP contribution >= 0.6 is 0 Å². The molecule has 0 aliphatic carbocycles. The summed E-state index contributed by atoms with van der Waals surface area (Å²) in [4.78, 5) is 0. The first-order valence-electron chi connectivity index (χ1n) is 7.37. The molecule has 1 fully saturated rings. The summed E-state index contributed by atoms with van der Waals surface area (Å²) in [6, 6.07) is 6.61. The molecule has 0 N–H and O–H groups in total. The van der Waals surface area contributed by atoms with E-state index in [2.05, 4.69) is 5.10 Å². The Morgan fingerprint density at radius 2 is 1.73 bits per heavy atom. The van der Waals surface area contributed by atoms with Crippen molar-refractivity contribution < 1.29 is 13.7 Å². The van der Waals surface area contributed by atoms with Crippen LogP contribution in [0.1, 0.15) is 33.4 Å². The molecule has 0 radical (unpaired) electrons. The third kappa shape index (κ3) is 2.57. The Hall–Kier alpha value is -1.66. The summed E-state index contributed by atoms with van der Waals surface area (Å²) in [6.45, 7) is 9.80. The van der Waals surface area contributed by atoms with Gasteiger partial charge in [-0.1, -0.05) is 0 Å². The van der Waals surface area contributed by atoms with Gasteiger partial charge >= 0.3 is 7.12 Å². The van der Waals surface area contributed by atoms with Gasteiger partial charge in [0.2, 0.25) is 0 Å². The molecule has 0 bridgehead atoms. The second kappa shape index (κ2) is 4.93. The van der Waals surface area contributed by atoms with Gasteiger partial charge in [0.1, 0.15) is 5.82 Å². The molecule has 4 nitrogen and oxygen atoms in total. The maximum Gasteiger partial charge on any atom is 0.495 e. The van der Waals surface area contributed by atoms with Crippen LogP contribution in [0.5, 0.6) is 0 Å². The van der Waals surface area contributed by atoms with Crippen molar-refractivity contribution in [3.63, 3.8) is 0 Å². The lowest BCUT2D eigenvalue weighted by Crippen LogP contribution is -2.41. The highest BCUT2D eigenvalue weighted by molar-refractivity contribution is 6.62. The molecular formula is C16H20BFN2O2. The number of halogens is 1. The Labute approximate surface area is 130 Å². The van der Waals surface area contributed by atoms with Gasteiger partial charge in [-0.15, -0.1) is 0 Å². The Morgan fingerprint density at radius 3 is 2.27 bits per heavy atom. The fourth-order valence-electron chi connectivity index (χ4n) is 2.40. The van der Waals surface area contributed by atoms with E-state index in [1.54, 1.807) is 10.9 Å². The molecule has 0 atom stereocenters. The van der Waals surface area contributed by atoms with Gasteiger partial charge in [0.15, 0.2) is 0 Å². The van der Waals surface area contributed by atoms with E-state index in [9.17, 15) is 4.39 Å². The van der Waals surface area contributed by atoms with Crippen LogP contribution in [0.2, 0.25) is 0 Å². The lowest BCUT2D eigenvalue weighted by atomic mass is 9.79. The minimum absolute atomic E-state index is 0.338. The minimum atomic E-state index is -0.587. The summed E-state index contributed by atoms with van der Waals surface area (Å²) < 4.78 is 27.6. The van der Waals surface area contributed by atoms with E-state index < -0.39 is 18.3 Å². The summed E-state index contributed by atoms with van der Waals surface area (Å²) in [7, 11) is -0.587. The molecule has 0 unspecified atom stereocenters. The molecule has 3 rings (SSSR count). The lowest BCUT2D eigenvalue weighted by molar-refractivity contribution is 0.00578. The highest BCUT2D eigenvalue weighted by Crippen LogP contribution is 2.36. The van der Waals surface area contributed by atoms with Crippen molar-refractivity contribution in [2.75, 3.05) is 0 Å². The normalized spacial score (nSPS) is 19.6. The van der Waals surface area contributed by atoms with Crippen LogP contribution in [-0.4, -0.2) is 28.1 Å². The van der Waals surface area contributed by atoms with Gasteiger partial charge in [-0.3, -0.25) is 0 Å². The van der Waals surface area contributed by atoms with Gasteiger partial charge in [-0.2, -0.15) is 5.10 Å². The summed E-state index contributed by atoms with van der Waals surface area (Å²) in [5.74, 6) is -0.338. The molecule has 1 aliphatic rings. The average molecular weight is 302 g/mol. The zero-order chi connectivity index (χ0) is 16.1. The van der Waals surface area contributed by atoms with E-state index in [-0.39, 0.29) is 5.82 Å². The SMILES string of the molecule is Cc1ccn(-c2cc(F)cc(B3OC(C)(C)C(C)(C)O3)c2)n1. The molecule has 22 heavy (non-hydrogen) atoms. The van der Waals surface area contributed by atoms with Gasteiger partial charge in [0.05, 0.1) is 22.6 Å². The molecular weight excluding hydrogens is 282 g/mol. The number of aromatic nitrogens is 2. The molecule has 0 saturated carbocycles. The van der Waals surface area contributed by atoms with Gasteiger partial charge in [0, 0.05) is 6.20 Å².